The molecule has 1 aliphatic rings. The lowest BCUT2D eigenvalue weighted by atomic mass is 9.89. The highest BCUT2D eigenvalue weighted by Gasteiger charge is 2.39. The van der Waals surface area contributed by atoms with Gasteiger partial charge in [0.25, 0.3) is 0 Å². The Kier molecular flexibility index (Phi) is 4.54. The molecule has 1 rings (SSSR count). The summed E-state index contributed by atoms with van der Waals surface area (Å²) in [6.07, 6.45) is 3.28. The third-order valence-electron chi connectivity index (χ3n) is 3.17. The minimum Gasteiger partial charge on any atom is -0.353 e. The van der Waals surface area contributed by atoms with Gasteiger partial charge in [-0.05, 0) is 47.0 Å². The van der Waals surface area contributed by atoms with Crippen LogP contribution < -0.4 is 5.32 Å². The lowest BCUT2D eigenvalue weighted by molar-refractivity contribution is -0.149. The number of likely N-dealkylation sites (tertiary alicyclic amines) is 1. The van der Waals surface area contributed by atoms with Gasteiger partial charge in [0.1, 0.15) is 5.41 Å². The number of nitrogens with zero attached hydrogens (tertiary/aromatic N) is 1. The topological polar surface area (TPSA) is 49.4 Å². The Morgan fingerprint density at radius 2 is 1.65 bits per heavy atom. The largest absolute Gasteiger partial charge is 0.353 e. The summed E-state index contributed by atoms with van der Waals surface area (Å²) in [6.45, 7) is 8.80. The SMILES string of the molecule is CC(C)NC(=O)C(C)(C)C(=O)N1CCCCC1. The summed E-state index contributed by atoms with van der Waals surface area (Å²) in [7, 11) is 0. The maximum Gasteiger partial charge on any atom is 0.237 e. The van der Waals surface area contributed by atoms with Crippen LogP contribution in [0.1, 0.15) is 47.0 Å². The van der Waals surface area contributed by atoms with E-state index in [0.717, 1.165) is 25.9 Å². The Balaban J connectivity index is 2.67. The molecule has 1 N–H and O–H groups in total. The number of nitrogens with one attached hydrogen (secondary N) is 1. The van der Waals surface area contributed by atoms with E-state index in [1.54, 1.807) is 13.8 Å². The second-order valence-electron chi connectivity index (χ2n) is 5.61. The predicted molar refractivity (Wildman–Crippen MR) is 67.5 cm³/mol. The number of amides is 2. The summed E-state index contributed by atoms with van der Waals surface area (Å²) in [5.41, 5.74) is -0.957. The van der Waals surface area contributed by atoms with Crippen LogP contribution in [0.4, 0.5) is 0 Å². The highest BCUT2D eigenvalue weighted by atomic mass is 16.2. The molecule has 1 aliphatic heterocycles. The van der Waals surface area contributed by atoms with Crippen molar-refractivity contribution in [2.45, 2.75) is 53.0 Å². The molecular weight excluding hydrogens is 216 g/mol. The molecule has 0 atom stereocenters. The molecule has 1 heterocycles. The summed E-state index contributed by atoms with van der Waals surface area (Å²) < 4.78 is 0. The molecule has 1 fully saturated rings. The van der Waals surface area contributed by atoms with Crippen molar-refractivity contribution in [1.82, 2.24) is 10.2 Å². The molecule has 1 saturated heterocycles. The molecule has 0 aromatic carbocycles. The molecule has 98 valence electrons. The highest BCUT2D eigenvalue weighted by molar-refractivity contribution is 6.04. The third kappa shape index (κ3) is 3.45. The van der Waals surface area contributed by atoms with Crippen molar-refractivity contribution in [2.24, 2.45) is 5.41 Å². The van der Waals surface area contributed by atoms with Gasteiger partial charge in [0.2, 0.25) is 11.8 Å². The van der Waals surface area contributed by atoms with E-state index in [0.29, 0.717) is 0 Å². The summed E-state index contributed by atoms with van der Waals surface area (Å²) in [5.74, 6) is -0.224. The zero-order valence-corrected chi connectivity index (χ0v) is 11.4. The fourth-order valence-corrected chi connectivity index (χ4v) is 2.03. The van der Waals surface area contributed by atoms with Crippen LogP contribution in [0.5, 0.6) is 0 Å². The van der Waals surface area contributed by atoms with Gasteiger partial charge in [0.05, 0.1) is 0 Å². The fourth-order valence-electron chi connectivity index (χ4n) is 2.03. The first-order valence-corrected chi connectivity index (χ1v) is 6.46. The minimum atomic E-state index is -0.957. The highest BCUT2D eigenvalue weighted by Crippen LogP contribution is 2.22. The van der Waals surface area contributed by atoms with Crippen LogP contribution in [-0.4, -0.2) is 35.8 Å². The molecule has 17 heavy (non-hydrogen) atoms. The van der Waals surface area contributed by atoms with Crippen LogP contribution in [0, 0.1) is 5.41 Å². The van der Waals surface area contributed by atoms with E-state index in [1.165, 1.54) is 6.42 Å². The fraction of sp³-hybridized carbons (Fsp3) is 0.846. The lowest BCUT2D eigenvalue weighted by Crippen LogP contribution is -2.51. The standard InChI is InChI=1S/C13H24N2O2/c1-10(2)14-11(16)13(3,4)12(17)15-8-6-5-7-9-15/h10H,5-9H2,1-4H3,(H,14,16). The van der Waals surface area contributed by atoms with E-state index in [-0.39, 0.29) is 17.9 Å². The zero-order chi connectivity index (χ0) is 13.1. The zero-order valence-electron chi connectivity index (χ0n) is 11.4. The maximum atomic E-state index is 12.3. The number of hydrogen-bond donors (Lipinski definition) is 1. The number of carbonyl (C=O) groups is 2. The lowest BCUT2D eigenvalue weighted by Gasteiger charge is -2.33. The van der Waals surface area contributed by atoms with Gasteiger partial charge in [-0.3, -0.25) is 9.59 Å². The summed E-state index contributed by atoms with van der Waals surface area (Å²) in [4.78, 5) is 26.1. The molecule has 0 spiro atoms. The molecule has 0 bridgehead atoms. The van der Waals surface area contributed by atoms with Gasteiger partial charge in [0.15, 0.2) is 0 Å². The summed E-state index contributed by atoms with van der Waals surface area (Å²) in [5, 5.41) is 2.82. The molecule has 0 aliphatic carbocycles. The van der Waals surface area contributed by atoms with Gasteiger partial charge in [-0.1, -0.05) is 0 Å². The number of hydrogen-bond acceptors (Lipinski definition) is 2. The van der Waals surface area contributed by atoms with E-state index >= 15 is 0 Å². The molecule has 0 aromatic heterocycles. The Bertz CT molecular complexity index is 292. The Morgan fingerprint density at radius 1 is 1.12 bits per heavy atom. The molecule has 0 aromatic rings. The molecule has 4 heteroatoms. The Morgan fingerprint density at radius 3 is 2.12 bits per heavy atom. The molecule has 0 radical (unpaired) electrons. The van der Waals surface area contributed by atoms with Crippen LogP contribution in [0.15, 0.2) is 0 Å². The van der Waals surface area contributed by atoms with Crippen molar-refractivity contribution < 1.29 is 9.59 Å². The maximum absolute atomic E-state index is 12.3. The average Bonchev–Trinajstić information content (AvgIpc) is 2.28. The first-order valence-electron chi connectivity index (χ1n) is 6.46. The molecular formula is C13H24N2O2. The molecule has 2 amide bonds. The van der Waals surface area contributed by atoms with Crippen LogP contribution in [-0.2, 0) is 9.59 Å². The quantitative estimate of drug-likeness (QED) is 0.761. The van der Waals surface area contributed by atoms with Crippen LogP contribution in [0.2, 0.25) is 0 Å². The number of piperidine rings is 1. The predicted octanol–water partition coefficient (Wildman–Crippen LogP) is 1.55. The molecule has 4 nitrogen and oxygen atoms in total. The van der Waals surface area contributed by atoms with Crippen LogP contribution in [0.3, 0.4) is 0 Å². The van der Waals surface area contributed by atoms with Crippen molar-refractivity contribution in [3.8, 4) is 0 Å². The van der Waals surface area contributed by atoms with Gasteiger partial charge >= 0.3 is 0 Å². The second-order valence-corrected chi connectivity index (χ2v) is 5.61. The van der Waals surface area contributed by atoms with E-state index in [4.69, 9.17) is 0 Å². The van der Waals surface area contributed by atoms with Crippen LogP contribution in [0.25, 0.3) is 0 Å². The Hall–Kier alpha value is -1.06. The van der Waals surface area contributed by atoms with Crippen molar-refractivity contribution in [3.05, 3.63) is 0 Å². The van der Waals surface area contributed by atoms with E-state index in [2.05, 4.69) is 5.32 Å². The summed E-state index contributed by atoms with van der Waals surface area (Å²) >= 11 is 0. The molecule has 0 unspecified atom stereocenters. The smallest absolute Gasteiger partial charge is 0.237 e. The van der Waals surface area contributed by atoms with E-state index < -0.39 is 5.41 Å². The van der Waals surface area contributed by atoms with Gasteiger partial charge in [0, 0.05) is 19.1 Å². The van der Waals surface area contributed by atoms with Crippen molar-refractivity contribution >= 4 is 11.8 Å². The second kappa shape index (κ2) is 5.52. The van der Waals surface area contributed by atoms with E-state index in [1.807, 2.05) is 18.7 Å². The third-order valence-corrected chi connectivity index (χ3v) is 3.17. The van der Waals surface area contributed by atoms with E-state index in [9.17, 15) is 9.59 Å². The van der Waals surface area contributed by atoms with Crippen molar-refractivity contribution in [3.63, 3.8) is 0 Å². The Labute approximate surface area is 104 Å². The van der Waals surface area contributed by atoms with Gasteiger partial charge < -0.3 is 10.2 Å². The summed E-state index contributed by atoms with van der Waals surface area (Å²) in [6, 6.07) is 0.0657. The average molecular weight is 240 g/mol. The monoisotopic (exact) mass is 240 g/mol. The van der Waals surface area contributed by atoms with Crippen molar-refractivity contribution in [1.29, 1.82) is 0 Å². The number of carbonyl (C=O) groups excluding carboxylic acids is 2. The van der Waals surface area contributed by atoms with Crippen molar-refractivity contribution in [2.75, 3.05) is 13.1 Å². The van der Waals surface area contributed by atoms with Gasteiger partial charge in [-0.15, -0.1) is 0 Å². The van der Waals surface area contributed by atoms with Gasteiger partial charge in [-0.2, -0.15) is 0 Å². The molecule has 0 saturated carbocycles. The first-order chi connectivity index (χ1) is 7.85. The normalized spacial score (nSPS) is 17.1. The van der Waals surface area contributed by atoms with Gasteiger partial charge in [-0.25, -0.2) is 0 Å². The van der Waals surface area contributed by atoms with Crippen LogP contribution >= 0.6 is 0 Å². The first kappa shape index (κ1) is 14.0. The number of rotatable bonds is 3. The minimum absolute atomic E-state index is 0.0460.